The molecule has 0 unspecified atom stereocenters. The second-order valence-corrected chi connectivity index (χ2v) is 2.74. The summed E-state index contributed by atoms with van der Waals surface area (Å²) in [7, 11) is 0. The fourth-order valence-electron chi connectivity index (χ4n) is 1.03. The van der Waals surface area contributed by atoms with Crippen LogP contribution in [0.5, 0.6) is 0 Å². The number of benzene rings is 1. The average molecular weight is 208 g/mol. The van der Waals surface area contributed by atoms with E-state index in [1.807, 2.05) is 0 Å². The number of carbonyl (C=O) groups is 1. The summed E-state index contributed by atoms with van der Waals surface area (Å²) < 4.78 is 17.0. The molecule has 0 spiro atoms. The van der Waals surface area contributed by atoms with Crippen LogP contribution in [0.3, 0.4) is 0 Å². The van der Waals surface area contributed by atoms with Crippen LogP contribution in [0, 0.1) is 5.82 Å². The molecule has 76 valence electrons. The number of hydrogen-bond donors (Lipinski definition) is 1. The van der Waals surface area contributed by atoms with Gasteiger partial charge in [-0.15, -0.1) is 0 Å². The summed E-state index contributed by atoms with van der Waals surface area (Å²) in [5, 5.41) is 12.0. The van der Waals surface area contributed by atoms with Crippen LogP contribution >= 0.6 is 0 Å². The molecule has 1 heterocycles. The molecule has 0 aliphatic heterocycles. The Kier molecular flexibility index (Phi) is 2.17. The lowest BCUT2D eigenvalue weighted by Gasteiger charge is -1.91. The average Bonchev–Trinajstić information content (AvgIpc) is 2.68. The molecule has 0 amide bonds. The standard InChI is InChI=1S/C9H5FN2O3/c10-6-3-1-5(2-4-6)7-11-8(9(13)14)15-12-7/h1-4H,(H,13,14). The Bertz CT molecular complexity index is 492. The number of rotatable bonds is 2. The molecule has 2 aromatic rings. The van der Waals surface area contributed by atoms with Crippen LogP contribution in [0.15, 0.2) is 28.8 Å². The molecule has 0 bridgehead atoms. The normalized spacial score (nSPS) is 10.2. The highest BCUT2D eigenvalue weighted by Crippen LogP contribution is 2.15. The van der Waals surface area contributed by atoms with Gasteiger partial charge in [0, 0.05) is 5.56 Å². The maximum Gasteiger partial charge on any atom is 0.394 e. The van der Waals surface area contributed by atoms with Crippen LogP contribution in [-0.2, 0) is 0 Å². The van der Waals surface area contributed by atoms with Crippen LogP contribution in [-0.4, -0.2) is 21.2 Å². The van der Waals surface area contributed by atoms with Gasteiger partial charge in [-0.25, -0.2) is 9.18 Å². The maximum absolute atomic E-state index is 12.6. The van der Waals surface area contributed by atoms with Crippen LogP contribution in [0.25, 0.3) is 11.4 Å². The third kappa shape index (κ3) is 1.83. The molecule has 0 aliphatic rings. The predicted molar refractivity (Wildman–Crippen MR) is 46.7 cm³/mol. The van der Waals surface area contributed by atoms with E-state index >= 15 is 0 Å². The van der Waals surface area contributed by atoms with Crippen molar-refractivity contribution in [3.05, 3.63) is 36.0 Å². The fourth-order valence-corrected chi connectivity index (χ4v) is 1.03. The Balaban J connectivity index is 2.37. The van der Waals surface area contributed by atoms with Gasteiger partial charge in [0.1, 0.15) is 5.82 Å². The summed E-state index contributed by atoms with van der Waals surface area (Å²) in [6.45, 7) is 0. The van der Waals surface area contributed by atoms with Gasteiger partial charge >= 0.3 is 11.9 Å². The van der Waals surface area contributed by atoms with Gasteiger partial charge in [0.2, 0.25) is 5.82 Å². The van der Waals surface area contributed by atoms with E-state index in [2.05, 4.69) is 14.7 Å². The lowest BCUT2D eigenvalue weighted by atomic mass is 10.2. The molecule has 1 N–H and O–H groups in total. The topological polar surface area (TPSA) is 76.2 Å². The highest BCUT2D eigenvalue weighted by Gasteiger charge is 2.14. The van der Waals surface area contributed by atoms with Gasteiger partial charge in [0.05, 0.1) is 0 Å². The summed E-state index contributed by atoms with van der Waals surface area (Å²) in [6.07, 6.45) is 0. The van der Waals surface area contributed by atoms with E-state index in [0.717, 1.165) is 0 Å². The number of carboxylic acid groups (broad SMARTS) is 1. The number of hydrogen-bond acceptors (Lipinski definition) is 4. The molecule has 1 aromatic carbocycles. The van der Waals surface area contributed by atoms with Gasteiger partial charge in [-0.3, -0.25) is 0 Å². The highest BCUT2D eigenvalue weighted by atomic mass is 19.1. The lowest BCUT2D eigenvalue weighted by Crippen LogP contribution is -1.95. The zero-order valence-corrected chi connectivity index (χ0v) is 7.35. The molecular weight excluding hydrogens is 203 g/mol. The van der Waals surface area contributed by atoms with Crippen molar-refractivity contribution in [3.8, 4) is 11.4 Å². The number of aromatic carboxylic acids is 1. The van der Waals surface area contributed by atoms with Crippen LogP contribution < -0.4 is 0 Å². The van der Waals surface area contributed by atoms with Crippen molar-refractivity contribution in [2.45, 2.75) is 0 Å². The second kappa shape index (κ2) is 3.49. The van der Waals surface area contributed by atoms with Crippen molar-refractivity contribution in [1.29, 1.82) is 0 Å². The number of carboxylic acids is 1. The summed E-state index contributed by atoms with van der Waals surface area (Å²) >= 11 is 0. The van der Waals surface area contributed by atoms with Gasteiger partial charge < -0.3 is 9.63 Å². The summed E-state index contributed by atoms with van der Waals surface area (Å²) in [5.41, 5.74) is 0.493. The summed E-state index contributed by atoms with van der Waals surface area (Å²) in [4.78, 5) is 14.1. The third-order valence-electron chi connectivity index (χ3n) is 1.71. The van der Waals surface area contributed by atoms with Crippen molar-refractivity contribution in [3.63, 3.8) is 0 Å². The second-order valence-electron chi connectivity index (χ2n) is 2.74. The first-order valence-corrected chi connectivity index (χ1v) is 4.00. The maximum atomic E-state index is 12.6. The molecule has 15 heavy (non-hydrogen) atoms. The van der Waals surface area contributed by atoms with E-state index in [0.29, 0.717) is 5.56 Å². The third-order valence-corrected chi connectivity index (χ3v) is 1.71. The first-order chi connectivity index (χ1) is 7.16. The summed E-state index contributed by atoms with van der Waals surface area (Å²) in [6, 6.07) is 5.33. The highest BCUT2D eigenvalue weighted by molar-refractivity contribution is 5.82. The number of halogens is 1. The molecule has 0 radical (unpaired) electrons. The van der Waals surface area contributed by atoms with E-state index in [4.69, 9.17) is 5.11 Å². The minimum absolute atomic E-state index is 0.118. The van der Waals surface area contributed by atoms with Crippen molar-refractivity contribution < 1.29 is 18.8 Å². The Morgan fingerprint density at radius 3 is 2.53 bits per heavy atom. The Morgan fingerprint density at radius 2 is 2.00 bits per heavy atom. The molecule has 0 saturated heterocycles. The SMILES string of the molecule is O=C(O)c1nc(-c2ccc(F)cc2)no1. The van der Waals surface area contributed by atoms with E-state index in [-0.39, 0.29) is 11.6 Å². The van der Waals surface area contributed by atoms with Gasteiger partial charge in [-0.05, 0) is 24.3 Å². The first-order valence-electron chi connectivity index (χ1n) is 4.00. The molecule has 2 rings (SSSR count). The zero-order chi connectivity index (χ0) is 10.8. The van der Waals surface area contributed by atoms with E-state index in [1.54, 1.807) is 0 Å². The lowest BCUT2D eigenvalue weighted by molar-refractivity contribution is 0.0643. The molecule has 0 atom stereocenters. The van der Waals surface area contributed by atoms with E-state index in [9.17, 15) is 9.18 Å². The van der Waals surface area contributed by atoms with Crippen LogP contribution in [0.4, 0.5) is 4.39 Å². The van der Waals surface area contributed by atoms with Crippen LogP contribution in [0.1, 0.15) is 10.7 Å². The van der Waals surface area contributed by atoms with Gasteiger partial charge in [0.15, 0.2) is 0 Å². The summed E-state index contributed by atoms with van der Waals surface area (Å²) in [5.74, 6) is -2.06. The quantitative estimate of drug-likeness (QED) is 0.810. The monoisotopic (exact) mass is 208 g/mol. The predicted octanol–water partition coefficient (Wildman–Crippen LogP) is 1.57. The number of nitrogens with zero attached hydrogens (tertiary/aromatic N) is 2. The molecule has 6 heteroatoms. The molecule has 0 saturated carbocycles. The molecule has 0 fully saturated rings. The van der Waals surface area contributed by atoms with Gasteiger partial charge in [-0.2, -0.15) is 4.98 Å². The molecular formula is C9H5FN2O3. The van der Waals surface area contributed by atoms with Crippen LogP contribution in [0.2, 0.25) is 0 Å². The number of aromatic nitrogens is 2. The Labute approximate surface area is 83.2 Å². The molecule has 5 nitrogen and oxygen atoms in total. The Morgan fingerprint density at radius 1 is 1.33 bits per heavy atom. The van der Waals surface area contributed by atoms with Crippen molar-refractivity contribution >= 4 is 5.97 Å². The minimum atomic E-state index is -1.30. The Hall–Kier alpha value is -2.24. The van der Waals surface area contributed by atoms with Crippen molar-refractivity contribution in [2.24, 2.45) is 0 Å². The van der Waals surface area contributed by atoms with Crippen molar-refractivity contribution in [2.75, 3.05) is 0 Å². The van der Waals surface area contributed by atoms with Gasteiger partial charge in [0.25, 0.3) is 0 Å². The smallest absolute Gasteiger partial charge is 0.394 e. The first kappa shape index (κ1) is 9.32. The van der Waals surface area contributed by atoms with E-state index in [1.165, 1.54) is 24.3 Å². The molecule has 0 aliphatic carbocycles. The fraction of sp³-hybridized carbons (Fsp3) is 0. The zero-order valence-electron chi connectivity index (χ0n) is 7.35. The van der Waals surface area contributed by atoms with Gasteiger partial charge in [-0.1, -0.05) is 5.16 Å². The minimum Gasteiger partial charge on any atom is -0.474 e. The largest absolute Gasteiger partial charge is 0.474 e. The molecule has 1 aromatic heterocycles. The van der Waals surface area contributed by atoms with Crippen molar-refractivity contribution in [1.82, 2.24) is 10.1 Å². The van der Waals surface area contributed by atoms with E-state index < -0.39 is 11.9 Å².